The van der Waals surface area contributed by atoms with Crippen LogP contribution < -0.4 is 5.73 Å². The number of hydrogen-bond acceptors (Lipinski definition) is 3. The Balaban J connectivity index is 2.07. The molecule has 20 heavy (non-hydrogen) atoms. The van der Waals surface area contributed by atoms with Gasteiger partial charge in [-0.15, -0.1) is 0 Å². The van der Waals surface area contributed by atoms with Crippen LogP contribution in [0.4, 0.5) is 0 Å². The Hall–Kier alpha value is -1.71. The summed E-state index contributed by atoms with van der Waals surface area (Å²) in [7, 11) is 2.10. The number of likely N-dealkylation sites (N-methyl/N-ethyl adjacent to an activating group) is 1. The molecule has 0 radical (unpaired) electrons. The first-order valence-electron chi connectivity index (χ1n) is 7.13. The Labute approximate surface area is 121 Å². The van der Waals surface area contributed by atoms with E-state index in [1.807, 2.05) is 24.4 Å². The van der Waals surface area contributed by atoms with Gasteiger partial charge in [0, 0.05) is 19.3 Å². The van der Waals surface area contributed by atoms with Crippen LogP contribution in [-0.2, 0) is 13.0 Å². The van der Waals surface area contributed by atoms with Crippen LogP contribution in [0.15, 0.2) is 48.7 Å². The van der Waals surface area contributed by atoms with E-state index in [0.29, 0.717) is 6.54 Å². The van der Waals surface area contributed by atoms with E-state index in [2.05, 4.69) is 48.1 Å². The number of benzene rings is 1. The lowest BCUT2D eigenvalue weighted by Crippen LogP contribution is -2.30. The minimum Gasteiger partial charge on any atom is -0.329 e. The summed E-state index contributed by atoms with van der Waals surface area (Å²) in [6.07, 6.45) is 2.90. The third-order valence-electron chi connectivity index (χ3n) is 3.65. The van der Waals surface area contributed by atoms with Crippen molar-refractivity contribution >= 4 is 0 Å². The second-order valence-electron chi connectivity index (χ2n) is 5.09. The largest absolute Gasteiger partial charge is 0.329 e. The van der Waals surface area contributed by atoms with E-state index in [9.17, 15) is 0 Å². The van der Waals surface area contributed by atoms with Crippen LogP contribution in [-0.4, -0.2) is 23.5 Å². The van der Waals surface area contributed by atoms with Crippen LogP contribution in [0.3, 0.4) is 0 Å². The smallest absolute Gasteiger partial charge is 0.0644 e. The first-order valence-corrected chi connectivity index (χ1v) is 7.13. The molecule has 1 aromatic heterocycles. The second-order valence-corrected chi connectivity index (χ2v) is 5.09. The van der Waals surface area contributed by atoms with Crippen molar-refractivity contribution < 1.29 is 0 Å². The Bertz CT molecular complexity index is 508. The lowest BCUT2D eigenvalue weighted by atomic mass is 10.1. The van der Waals surface area contributed by atoms with Crippen molar-refractivity contribution in [2.75, 3.05) is 13.6 Å². The normalized spacial score (nSPS) is 12.6. The standard InChI is InChI=1S/C17H23N3/c1-3-14-7-9-15(10-8-14)13-20(2)17(12-18)16-6-4-5-11-19-16/h4-11,17H,3,12-13,18H2,1-2H3. The molecule has 0 bridgehead atoms. The summed E-state index contributed by atoms with van der Waals surface area (Å²) in [6.45, 7) is 3.62. The van der Waals surface area contributed by atoms with Gasteiger partial charge < -0.3 is 5.73 Å². The number of nitrogens with zero attached hydrogens (tertiary/aromatic N) is 2. The Morgan fingerprint density at radius 1 is 1.10 bits per heavy atom. The van der Waals surface area contributed by atoms with Crippen molar-refractivity contribution in [3.05, 3.63) is 65.5 Å². The van der Waals surface area contributed by atoms with Crippen LogP contribution in [0.2, 0.25) is 0 Å². The molecule has 1 aromatic carbocycles. The molecule has 0 spiro atoms. The highest BCUT2D eigenvalue weighted by Gasteiger charge is 2.16. The molecular weight excluding hydrogens is 246 g/mol. The lowest BCUT2D eigenvalue weighted by Gasteiger charge is -2.26. The molecule has 0 saturated carbocycles. The maximum absolute atomic E-state index is 5.92. The molecule has 0 aliphatic carbocycles. The van der Waals surface area contributed by atoms with Crippen molar-refractivity contribution in [2.24, 2.45) is 5.73 Å². The number of aryl methyl sites for hydroxylation is 1. The Morgan fingerprint density at radius 3 is 2.35 bits per heavy atom. The topological polar surface area (TPSA) is 42.1 Å². The van der Waals surface area contributed by atoms with Gasteiger partial charge in [-0.2, -0.15) is 0 Å². The summed E-state index contributed by atoms with van der Waals surface area (Å²) in [5.41, 5.74) is 9.63. The molecule has 2 aromatic rings. The van der Waals surface area contributed by atoms with E-state index >= 15 is 0 Å². The van der Waals surface area contributed by atoms with Crippen molar-refractivity contribution in [3.8, 4) is 0 Å². The molecule has 106 valence electrons. The first-order chi connectivity index (χ1) is 9.74. The van der Waals surface area contributed by atoms with E-state index < -0.39 is 0 Å². The Morgan fingerprint density at radius 2 is 1.80 bits per heavy atom. The highest BCUT2D eigenvalue weighted by Crippen LogP contribution is 2.18. The van der Waals surface area contributed by atoms with Crippen molar-refractivity contribution in [3.63, 3.8) is 0 Å². The van der Waals surface area contributed by atoms with Gasteiger partial charge in [0.1, 0.15) is 0 Å². The lowest BCUT2D eigenvalue weighted by molar-refractivity contribution is 0.237. The van der Waals surface area contributed by atoms with Gasteiger partial charge >= 0.3 is 0 Å². The molecule has 3 nitrogen and oxygen atoms in total. The molecule has 0 amide bonds. The molecule has 0 aliphatic heterocycles. The second kappa shape index (κ2) is 7.17. The zero-order valence-corrected chi connectivity index (χ0v) is 12.3. The summed E-state index contributed by atoms with van der Waals surface area (Å²) < 4.78 is 0. The van der Waals surface area contributed by atoms with E-state index in [4.69, 9.17) is 5.73 Å². The van der Waals surface area contributed by atoms with Crippen LogP contribution in [0.1, 0.15) is 29.8 Å². The zero-order valence-electron chi connectivity index (χ0n) is 12.3. The fraction of sp³-hybridized carbons (Fsp3) is 0.353. The number of hydrogen-bond donors (Lipinski definition) is 1. The van der Waals surface area contributed by atoms with Gasteiger partial charge in [-0.25, -0.2) is 0 Å². The Kier molecular flexibility index (Phi) is 5.27. The maximum atomic E-state index is 5.92. The van der Waals surface area contributed by atoms with Gasteiger partial charge in [-0.05, 0) is 36.7 Å². The van der Waals surface area contributed by atoms with Crippen molar-refractivity contribution in [1.29, 1.82) is 0 Å². The van der Waals surface area contributed by atoms with Gasteiger partial charge in [-0.1, -0.05) is 37.3 Å². The van der Waals surface area contributed by atoms with E-state index in [0.717, 1.165) is 18.7 Å². The van der Waals surface area contributed by atoms with Gasteiger partial charge in [0.05, 0.1) is 11.7 Å². The SMILES string of the molecule is CCc1ccc(CN(C)C(CN)c2ccccn2)cc1. The molecule has 1 atom stereocenters. The van der Waals surface area contributed by atoms with E-state index in [1.165, 1.54) is 11.1 Å². The van der Waals surface area contributed by atoms with Crippen molar-refractivity contribution in [1.82, 2.24) is 9.88 Å². The van der Waals surface area contributed by atoms with Gasteiger partial charge in [0.2, 0.25) is 0 Å². The van der Waals surface area contributed by atoms with Gasteiger partial charge in [-0.3, -0.25) is 9.88 Å². The number of rotatable bonds is 6. The minimum atomic E-state index is 0.155. The fourth-order valence-corrected chi connectivity index (χ4v) is 2.38. The molecule has 0 saturated heterocycles. The molecule has 0 fully saturated rings. The maximum Gasteiger partial charge on any atom is 0.0644 e. The highest BCUT2D eigenvalue weighted by molar-refractivity contribution is 5.22. The summed E-state index contributed by atoms with van der Waals surface area (Å²) in [4.78, 5) is 6.67. The van der Waals surface area contributed by atoms with Gasteiger partial charge in [0.25, 0.3) is 0 Å². The first kappa shape index (κ1) is 14.7. The summed E-state index contributed by atoms with van der Waals surface area (Å²) in [5.74, 6) is 0. The summed E-state index contributed by atoms with van der Waals surface area (Å²) >= 11 is 0. The van der Waals surface area contributed by atoms with E-state index in [-0.39, 0.29) is 6.04 Å². The average molecular weight is 269 g/mol. The minimum absolute atomic E-state index is 0.155. The fourth-order valence-electron chi connectivity index (χ4n) is 2.38. The third-order valence-corrected chi connectivity index (χ3v) is 3.65. The predicted molar refractivity (Wildman–Crippen MR) is 83.3 cm³/mol. The molecule has 3 heteroatoms. The summed E-state index contributed by atoms with van der Waals surface area (Å²) in [6, 6.07) is 14.9. The monoisotopic (exact) mass is 269 g/mol. The molecule has 1 heterocycles. The zero-order chi connectivity index (χ0) is 14.4. The van der Waals surface area contributed by atoms with Gasteiger partial charge in [0.15, 0.2) is 0 Å². The molecule has 1 unspecified atom stereocenters. The molecule has 0 aliphatic rings. The quantitative estimate of drug-likeness (QED) is 0.877. The molecular formula is C17H23N3. The van der Waals surface area contributed by atoms with Crippen LogP contribution >= 0.6 is 0 Å². The van der Waals surface area contributed by atoms with E-state index in [1.54, 1.807) is 0 Å². The number of nitrogens with two attached hydrogens (primary N) is 1. The predicted octanol–water partition coefficient (Wildman–Crippen LogP) is 2.78. The molecule has 2 rings (SSSR count). The van der Waals surface area contributed by atoms with Crippen LogP contribution in [0, 0.1) is 0 Å². The third kappa shape index (κ3) is 3.65. The highest BCUT2D eigenvalue weighted by atomic mass is 15.1. The van der Waals surface area contributed by atoms with Crippen LogP contribution in [0.25, 0.3) is 0 Å². The average Bonchev–Trinajstić information content (AvgIpc) is 2.50. The van der Waals surface area contributed by atoms with Crippen LogP contribution in [0.5, 0.6) is 0 Å². The summed E-state index contributed by atoms with van der Waals surface area (Å²) in [5, 5.41) is 0. The number of aromatic nitrogens is 1. The van der Waals surface area contributed by atoms with Crippen molar-refractivity contribution in [2.45, 2.75) is 25.9 Å². The number of pyridine rings is 1. The molecule has 2 N–H and O–H groups in total.